The van der Waals surface area contributed by atoms with Gasteiger partial charge in [0.25, 0.3) is 0 Å². The Morgan fingerprint density at radius 2 is 1.72 bits per heavy atom. The minimum atomic E-state index is 0.255. The first-order chi connectivity index (χ1) is 12.3. The lowest BCUT2D eigenvalue weighted by Crippen LogP contribution is -2.47. The SMILES string of the molecule is OCCN1CCN(c2ccc(/C=C/C=NC3CCCCC3)cc2)CC1. The maximum Gasteiger partial charge on any atom is 0.0558 e. The van der Waals surface area contributed by atoms with Crippen molar-refractivity contribution in [2.45, 2.75) is 38.1 Å². The van der Waals surface area contributed by atoms with E-state index in [-0.39, 0.29) is 6.61 Å². The summed E-state index contributed by atoms with van der Waals surface area (Å²) in [4.78, 5) is 9.41. The molecule has 2 fully saturated rings. The first kappa shape index (κ1) is 18.2. The van der Waals surface area contributed by atoms with E-state index in [2.05, 4.69) is 51.2 Å². The number of allylic oxidation sites excluding steroid dienone is 1. The summed E-state index contributed by atoms with van der Waals surface area (Å²) >= 11 is 0. The zero-order valence-corrected chi connectivity index (χ0v) is 15.2. The van der Waals surface area contributed by atoms with Crippen molar-refractivity contribution in [1.82, 2.24) is 4.90 Å². The monoisotopic (exact) mass is 341 g/mol. The van der Waals surface area contributed by atoms with Gasteiger partial charge in [0.1, 0.15) is 0 Å². The number of hydrogen-bond donors (Lipinski definition) is 1. The fourth-order valence-electron chi connectivity index (χ4n) is 3.72. The summed E-state index contributed by atoms with van der Waals surface area (Å²) in [7, 11) is 0. The molecule has 136 valence electrons. The quantitative estimate of drug-likeness (QED) is 0.808. The molecule has 0 aromatic heterocycles. The number of nitrogens with zero attached hydrogens (tertiary/aromatic N) is 3. The van der Waals surface area contributed by atoms with Crippen molar-refractivity contribution in [1.29, 1.82) is 0 Å². The Morgan fingerprint density at radius 1 is 1.00 bits per heavy atom. The number of anilines is 1. The molecule has 1 aliphatic heterocycles. The van der Waals surface area contributed by atoms with Gasteiger partial charge < -0.3 is 10.0 Å². The van der Waals surface area contributed by atoms with E-state index in [0.717, 1.165) is 32.7 Å². The molecule has 1 saturated heterocycles. The van der Waals surface area contributed by atoms with Crippen LogP contribution in [-0.2, 0) is 0 Å². The molecular formula is C21H31N3O. The van der Waals surface area contributed by atoms with Gasteiger partial charge in [-0.25, -0.2) is 0 Å². The molecule has 1 aromatic carbocycles. The van der Waals surface area contributed by atoms with Crippen LogP contribution >= 0.6 is 0 Å². The zero-order valence-electron chi connectivity index (χ0n) is 15.2. The minimum Gasteiger partial charge on any atom is -0.395 e. The third kappa shape index (κ3) is 5.68. The lowest BCUT2D eigenvalue weighted by molar-refractivity contribution is 0.189. The Kier molecular flexibility index (Phi) is 7.07. The maximum absolute atomic E-state index is 9.02. The van der Waals surface area contributed by atoms with Crippen LogP contribution in [0.1, 0.15) is 37.7 Å². The normalized spacial score (nSPS) is 20.8. The fourth-order valence-corrected chi connectivity index (χ4v) is 3.72. The van der Waals surface area contributed by atoms with E-state index in [1.54, 1.807) is 0 Å². The molecule has 1 aliphatic carbocycles. The van der Waals surface area contributed by atoms with Gasteiger partial charge in [-0.1, -0.05) is 37.5 Å². The highest BCUT2D eigenvalue weighted by Gasteiger charge is 2.16. The van der Waals surface area contributed by atoms with Crippen molar-refractivity contribution in [3.05, 3.63) is 35.9 Å². The van der Waals surface area contributed by atoms with Gasteiger partial charge in [-0.15, -0.1) is 0 Å². The van der Waals surface area contributed by atoms with Crippen LogP contribution in [0, 0.1) is 0 Å². The molecule has 1 saturated carbocycles. The van der Waals surface area contributed by atoms with E-state index < -0.39 is 0 Å². The predicted molar refractivity (Wildman–Crippen MR) is 107 cm³/mol. The standard InChI is InChI=1S/C21H31N3O/c25-18-17-23-13-15-24(16-14-23)21-10-8-19(9-11-21)5-4-12-22-20-6-2-1-3-7-20/h4-5,8-12,20,25H,1-3,6-7,13-18H2/b5-4+,22-12?. The molecule has 0 amide bonds. The molecular weight excluding hydrogens is 310 g/mol. The second kappa shape index (κ2) is 9.73. The number of piperazine rings is 1. The maximum atomic E-state index is 9.02. The number of aliphatic hydroxyl groups is 1. The van der Waals surface area contributed by atoms with Crippen LogP contribution in [0.2, 0.25) is 0 Å². The highest BCUT2D eigenvalue weighted by molar-refractivity contribution is 5.78. The third-order valence-corrected chi connectivity index (χ3v) is 5.29. The highest BCUT2D eigenvalue weighted by atomic mass is 16.3. The summed E-state index contributed by atoms with van der Waals surface area (Å²) < 4.78 is 0. The van der Waals surface area contributed by atoms with Crippen LogP contribution < -0.4 is 4.90 Å². The average molecular weight is 341 g/mol. The molecule has 4 heteroatoms. The second-order valence-electron chi connectivity index (χ2n) is 7.09. The van der Waals surface area contributed by atoms with Gasteiger partial charge in [-0.2, -0.15) is 0 Å². The van der Waals surface area contributed by atoms with E-state index in [1.807, 2.05) is 6.21 Å². The summed E-state index contributed by atoms with van der Waals surface area (Å²) in [5.41, 5.74) is 2.51. The van der Waals surface area contributed by atoms with Gasteiger partial charge >= 0.3 is 0 Å². The predicted octanol–water partition coefficient (Wildman–Crippen LogP) is 3.22. The van der Waals surface area contributed by atoms with Crippen LogP contribution in [0.15, 0.2) is 35.3 Å². The Balaban J connectivity index is 1.47. The summed E-state index contributed by atoms with van der Waals surface area (Å²) in [6, 6.07) is 9.32. The summed E-state index contributed by atoms with van der Waals surface area (Å²) in [6.45, 7) is 5.16. The van der Waals surface area contributed by atoms with Crippen LogP contribution in [0.25, 0.3) is 6.08 Å². The lowest BCUT2D eigenvalue weighted by atomic mass is 9.96. The molecule has 0 atom stereocenters. The van der Waals surface area contributed by atoms with Crippen molar-refractivity contribution >= 4 is 18.0 Å². The van der Waals surface area contributed by atoms with Crippen molar-refractivity contribution < 1.29 is 5.11 Å². The Hall–Kier alpha value is -1.65. The molecule has 4 nitrogen and oxygen atoms in total. The van der Waals surface area contributed by atoms with E-state index in [0.29, 0.717) is 6.04 Å². The number of β-amino-alcohol motifs (C(OH)–C–C–N with tert-alkyl or cyclic N) is 1. The van der Waals surface area contributed by atoms with Crippen LogP contribution in [0.5, 0.6) is 0 Å². The number of aliphatic hydroxyl groups excluding tert-OH is 1. The van der Waals surface area contributed by atoms with Gasteiger partial charge in [0, 0.05) is 50.7 Å². The minimum absolute atomic E-state index is 0.255. The van der Waals surface area contributed by atoms with Gasteiger partial charge in [-0.3, -0.25) is 9.89 Å². The molecule has 0 radical (unpaired) electrons. The number of aliphatic imine (C=N–C) groups is 1. The summed E-state index contributed by atoms with van der Waals surface area (Å²) in [6.07, 6.45) is 12.7. The van der Waals surface area contributed by atoms with Crippen LogP contribution in [0.4, 0.5) is 5.69 Å². The topological polar surface area (TPSA) is 39.1 Å². The van der Waals surface area contributed by atoms with Gasteiger partial charge in [0.2, 0.25) is 0 Å². The second-order valence-corrected chi connectivity index (χ2v) is 7.09. The van der Waals surface area contributed by atoms with Crippen LogP contribution in [-0.4, -0.2) is 61.6 Å². The molecule has 0 spiro atoms. The first-order valence-electron chi connectivity index (χ1n) is 9.73. The molecule has 0 bridgehead atoms. The molecule has 1 aromatic rings. The molecule has 25 heavy (non-hydrogen) atoms. The van der Waals surface area contributed by atoms with Crippen molar-refractivity contribution in [2.75, 3.05) is 44.2 Å². The van der Waals surface area contributed by atoms with Crippen molar-refractivity contribution in [2.24, 2.45) is 4.99 Å². The van der Waals surface area contributed by atoms with Crippen molar-refractivity contribution in [3.63, 3.8) is 0 Å². The third-order valence-electron chi connectivity index (χ3n) is 5.29. The van der Waals surface area contributed by atoms with Gasteiger partial charge in [-0.05, 0) is 36.6 Å². The van der Waals surface area contributed by atoms with E-state index in [4.69, 9.17) is 5.11 Å². The highest BCUT2D eigenvalue weighted by Crippen LogP contribution is 2.20. The fraction of sp³-hybridized carbons (Fsp3) is 0.571. The molecule has 0 unspecified atom stereocenters. The number of hydrogen-bond acceptors (Lipinski definition) is 4. The van der Waals surface area contributed by atoms with E-state index in [1.165, 1.54) is 43.4 Å². The Labute approximate surface area is 151 Å². The molecule has 3 rings (SSSR count). The summed E-state index contributed by atoms with van der Waals surface area (Å²) in [5.74, 6) is 0. The van der Waals surface area contributed by atoms with Crippen molar-refractivity contribution in [3.8, 4) is 0 Å². The summed E-state index contributed by atoms with van der Waals surface area (Å²) in [5, 5.41) is 9.02. The lowest BCUT2D eigenvalue weighted by Gasteiger charge is -2.35. The molecule has 1 N–H and O–H groups in total. The zero-order chi connectivity index (χ0) is 17.3. The average Bonchev–Trinajstić information content (AvgIpc) is 2.68. The smallest absolute Gasteiger partial charge is 0.0558 e. The number of benzene rings is 1. The molecule has 1 heterocycles. The van der Waals surface area contributed by atoms with E-state index in [9.17, 15) is 0 Å². The number of rotatable bonds is 6. The van der Waals surface area contributed by atoms with Gasteiger partial charge in [0.05, 0.1) is 6.61 Å². The first-order valence-corrected chi connectivity index (χ1v) is 9.73. The largest absolute Gasteiger partial charge is 0.395 e. The van der Waals surface area contributed by atoms with E-state index >= 15 is 0 Å². The Bertz CT molecular complexity index is 553. The van der Waals surface area contributed by atoms with Crippen LogP contribution in [0.3, 0.4) is 0 Å². The Morgan fingerprint density at radius 3 is 2.40 bits per heavy atom. The molecule has 2 aliphatic rings. The van der Waals surface area contributed by atoms with Gasteiger partial charge in [0.15, 0.2) is 0 Å².